The van der Waals surface area contributed by atoms with Crippen molar-refractivity contribution in [3.63, 3.8) is 0 Å². The number of thioether (sulfide) groups is 1. The van der Waals surface area contributed by atoms with E-state index in [0.29, 0.717) is 28.8 Å². The molecule has 1 N–H and O–H groups in total. The molecule has 0 bridgehead atoms. The van der Waals surface area contributed by atoms with Crippen LogP contribution in [-0.4, -0.2) is 26.4 Å². The number of nitrogens with one attached hydrogen (secondary N) is 1. The zero-order chi connectivity index (χ0) is 21.8. The highest BCUT2D eigenvalue weighted by molar-refractivity contribution is 7.99. The highest BCUT2D eigenvalue weighted by atomic mass is 32.2. The summed E-state index contributed by atoms with van der Waals surface area (Å²) in [6.07, 6.45) is 1.62. The quantitative estimate of drug-likeness (QED) is 0.409. The predicted molar refractivity (Wildman–Crippen MR) is 118 cm³/mol. The summed E-state index contributed by atoms with van der Waals surface area (Å²) in [5.74, 6) is 0.961. The van der Waals surface area contributed by atoms with Crippen LogP contribution < -0.4 is 5.32 Å². The molecule has 158 valence electrons. The normalized spacial score (nSPS) is 10.9. The van der Waals surface area contributed by atoms with Gasteiger partial charge in [-0.2, -0.15) is 0 Å². The minimum absolute atomic E-state index is 0.111. The minimum atomic E-state index is -0.355. The van der Waals surface area contributed by atoms with Gasteiger partial charge in [0, 0.05) is 11.3 Å². The van der Waals surface area contributed by atoms with Gasteiger partial charge in [-0.05, 0) is 49.7 Å². The molecule has 0 spiro atoms. The lowest BCUT2D eigenvalue weighted by molar-refractivity contribution is -0.113. The van der Waals surface area contributed by atoms with Crippen LogP contribution in [0.3, 0.4) is 0 Å². The lowest BCUT2D eigenvalue weighted by Gasteiger charge is -2.10. The Labute approximate surface area is 183 Å². The largest absolute Gasteiger partial charge is 0.467 e. The van der Waals surface area contributed by atoms with Crippen molar-refractivity contribution < 1.29 is 13.6 Å². The van der Waals surface area contributed by atoms with E-state index in [2.05, 4.69) is 15.5 Å². The molecule has 2 aromatic heterocycles. The number of hydrogen-bond acceptors (Lipinski definition) is 5. The maximum atomic E-state index is 13.7. The molecular weight excluding hydrogens is 415 g/mol. The van der Waals surface area contributed by atoms with Crippen LogP contribution >= 0.6 is 11.8 Å². The van der Waals surface area contributed by atoms with Crippen LogP contribution in [0.5, 0.6) is 0 Å². The topological polar surface area (TPSA) is 73.0 Å². The fourth-order valence-electron chi connectivity index (χ4n) is 3.09. The average molecular weight is 437 g/mol. The minimum Gasteiger partial charge on any atom is -0.467 e. The van der Waals surface area contributed by atoms with Crippen molar-refractivity contribution >= 4 is 23.4 Å². The summed E-state index contributed by atoms with van der Waals surface area (Å²) in [6.45, 7) is 4.13. The van der Waals surface area contributed by atoms with Gasteiger partial charge in [-0.1, -0.05) is 41.6 Å². The summed E-state index contributed by atoms with van der Waals surface area (Å²) in [5, 5.41) is 12.0. The number of furan rings is 1. The first-order valence-corrected chi connectivity index (χ1v) is 10.7. The fraction of sp³-hybridized carbons (Fsp3) is 0.174. The molecule has 6 nitrogen and oxygen atoms in total. The van der Waals surface area contributed by atoms with E-state index in [1.54, 1.807) is 25.3 Å². The van der Waals surface area contributed by atoms with Gasteiger partial charge in [0.05, 0.1) is 18.6 Å². The number of benzene rings is 2. The van der Waals surface area contributed by atoms with Gasteiger partial charge in [0.15, 0.2) is 11.0 Å². The number of hydrogen-bond donors (Lipinski definition) is 1. The van der Waals surface area contributed by atoms with Gasteiger partial charge >= 0.3 is 0 Å². The Morgan fingerprint density at radius 3 is 2.74 bits per heavy atom. The van der Waals surface area contributed by atoms with Crippen LogP contribution in [0.1, 0.15) is 16.9 Å². The Morgan fingerprint density at radius 2 is 2.00 bits per heavy atom. The number of aryl methyl sites for hydroxylation is 2. The molecule has 0 aliphatic rings. The molecule has 0 unspecified atom stereocenters. The molecule has 8 heteroatoms. The third kappa shape index (κ3) is 5.03. The monoisotopic (exact) mass is 436 g/mol. The molecule has 2 heterocycles. The summed E-state index contributed by atoms with van der Waals surface area (Å²) < 4.78 is 21.1. The predicted octanol–water partition coefficient (Wildman–Crippen LogP) is 5.07. The van der Waals surface area contributed by atoms with Crippen molar-refractivity contribution in [2.75, 3.05) is 11.1 Å². The maximum absolute atomic E-state index is 13.7. The van der Waals surface area contributed by atoms with Crippen molar-refractivity contribution in [3.05, 3.63) is 83.6 Å². The zero-order valence-corrected chi connectivity index (χ0v) is 17.9. The Hall–Kier alpha value is -3.39. The first-order chi connectivity index (χ1) is 15.0. The van der Waals surface area contributed by atoms with E-state index in [4.69, 9.17) is 4.42 Å². The number of nitrogens with zero attached hydrogens (tertiary/aromatic N) is 3. The number of anilines is 1. The lowest BCUT2D eigenvalue weighted by atomic mass is 10.1. The Balaban J connectivity index is 1.53. The fourth-order valence-corrected chi connectivity index (χ4v) is 3.83. The second kappa shape index (κ2) is 9.18. The van der Waals surface area contributed by atoms with E-state index in [1.807, 2.05) is 47.9 Å². The SMILES string of the molecule is Cc1cccc(-c2nnc(SCC(=O)Nc3ccc(C)c(F)c3)n2Cc2ccco2)c1. The van der Waals surface area contributed by atoms with Gasteiger partial charge in [-0.25, -0.2) is 4.39 Å². The molecule has 0 radical (unpaired) electrons. The molecule has 0 saturated carbocycles. The first-order valence-electron chi connectivity index (χ1n) is 9.71. The van der Waals surface area contributed by atoms with Crippen LogP contribution in [0, 0.1) is 19.7 Å². The Bertz CT molecular complexity index is 1200. The third-order valence-electron chi connectivity index (χ3n) is 4.68. The standard InChI is InChI=1S/C23H21FN4O2S/c1-15-5-3-6-17(11-15)22-26-27-23(28(22)13-19-7-4-10-30-19)31-14-21(29)25-18-9-8-16(2)20(24)12-18/h3-12H,13-14H2,1-2H3,(H,25,29). The molecule has 0 aliphatic heterocycles. The van der Waals surface area contributed by atoms with E-state index in [0.717, 1.165) is 16.9 Å². The van der Waals surface area contributed by atoms with E-state index >= 15 is 0 Å². The molecule has 0 fully saturated rings. The van der Waals surface area contributed by atoms with Crippen molar-refractivity contribution in [2.45, 2.75) is 25.5 Å². The highest BCUT2D eigenvalue weighted by Crippen LogP contribution is 2.26. The molecular formula is C23H21FN4O2S. The summed E-state index contributed by atoms with van der Waals surface area (Å²) >= 11 is 1.27. The molecule has 0 atom stereocenters. The first kappa shape index (κ1) is 20.9. The van der Waals surface area contributed by atoms with Crippen molar-refractivity contribution in [3.8, 4) is 11.4 Å². The van der Waals surface area contributed by atoms with Gasteiger partial charge in [0.2, 0.25) is 5.91 Å². The van der Waals surface area contributed by atoms with Gasteiger partial charge in [0.1, 0.15) is 11.6 Å². The van der Waals surface area contributed by atoms with E-state index < -0.39 is 0 Å². The van der Waals surface area contributed by atoms with Crippen LogP contribution in [0.15, 0.2) is 70.4 Å². The van der Waals surface area contributed by atoms with Crippen LogP contribution in [-0.2, 0) is 11.3 Å². The summed E-state index contributed by atoms with van der Waals surface area (Å²) in [6, 6.07) is 16.3. The summed E-state index contributed by atoms with van der Waals surface area (Å²) in [7, 11) is 0. The Morgan fingerprint density at radius 1 is 1.13 bits per heavy atom. The Kier molecular flexibility index (Phi) is 6.18. The molecule has 0 saturated heterocycles. The van der Waals surface area contributed by atoms with Gasteiger partial charge < -0.3 is 9.73 Å². The summed E-state index contributed by atoms with van der Waals surface area (Å²) in [5.41, 5.74) is 3.00. The molecule has 1 amide bonds. The molecule has 31 heavy (non-hydrogen) atoms. The average Bonchev–Trinajstić information content (AvgIpc) is 3.40. The number of aromatic nitrogens is 3. The number of carbonyl (C=O) groups is 1. The van der Waals surface area contributed by atoms with E-state index in [1.165, 1.54) is 17.8 Å². The maximum Gasteiger partial charge on any atom is 0.234 e. The van der Waals surface area contributed by atoms with E-state index in [9.17, 15) is 9.18 Å². The van der Waals surface area contributed by atoms with Crippen LogP contribution in [0.2, 0.25) is 0 Å². The lowest BCUT2D eigenvalue weighted by Crippen LogP contribution is -2.15. The van der Waals surface area contributed by atoms with Crippen LogP contribution in [0.25, 0.3) is 11.4 Å². The van der Waals surface area contributed by atoms with Crippen LogP contribution in [0.4, 0.5) is 10.1 Å². The second-order valence-electron chi connectivity index (χ2n) is 7.14. The van der Waals surface area contributed by atoms with Crippen molar-refractivity contribution in [1.82, 2.24) is 14.8 Å². The molecule has 4 rings (SSSR count). The van der Waals surface area contributed by atoms with Gasteiger partial charge in [-0.15, -0.1) is 10.2 Å². The number of rotatable bonds is 7. The molecule has 0 aliphatic carbocycles. The van der Waals surface area contributed by atoms with Crippen molar-refractivity contribution in [2.24, 2.45) is 0 Å². The zero-order valence-electron chi connectivity index (χ0n) is 17.1. The van der Waals surface area contributed by atoms with Crippen molar-refractivity contribution in [1.29, 1.82) is 0 Å². The highest BCUT2D eigenvalue weighted by Gasteiger charge is 2.17. The molecule has 4 aromatic rings. The second-order valence-corrected chi connectivity index (χ2v) is 8.08. The molecule has 2 aromatic carbocycles. The van der Waals surface area contributed by atoms with Gasteiger partial charge in [0.25, 0.3) is 0 Å². The van der Waals surface area contributed by atoms with E-state index in [-0.39, 0.29) is 17.5 Å². The number of amides is 1. The van der Waals surface area contributed by atoms with Gasteiger partial charge in [-0.3, -0.25) is 9.36 Å². The number of halogens is 1. The summed E-state index contributed by atoms with van der Waals surface area (Å²) in [4.78, 5) is 12.4. The smallest absolute Gasteiger partial charge is 0.234 e. The third-order valence-corrected chi connectivity index (χ3v) is 5.64. The number of carbonyl (C=O) groups excluding carboxylic acids is 1.